The number of para-hydroxylation sites is 2. The van der Waals surface area contributed by atoms with Crippen molar-refractivity contribution in [2.24, 2.45) is 0 Å². The van der Waals surface area contributed by atoms with E-state index in [4.69, 9.17) is 19.1 Å². The largest absolute Gasteiger partial charge is 0.692 e. The third-order valence-electron chi connectivity index (χ3n) is 6.26. The highest BCUT2D eigenvalue weighted by atomic mass is 31.1. The van der Waals surface area contributed by atoms with Crippen LogP contribution in [0.5, 0.6) is 11.5 Å². The number of hydrogen-bond donors (Lipinski definition) is 2. The second-order valence-corrected chi connectivity index (χ2v) is 9.82. The topological polar surface area (TPSA) is 66.8 Å². The minimum atomic E-state index is -2.87. The first-order valence-corrected chi connectivity index (χ1v) is 14.9. The number of hydrogen-bond acceptors (Lipinski definition) is 2. The maximum Gasteiger partial charge on any atom is 0.692 e. The normalized spacial score (nSPS) is 10.5. The number of ether oxygens (including phenoxy) is 1. The average Bonchev–Trinajstić information content (AvgIpc) is 2.84. The molecular weight excluding hydrogens is 455 g/mol. The lowest BCUT2D eigenvalue weighted by Crippen LogP contribution is -1.96. The molecule has 0 aromatic heterocycles. The van der Waals surface area contributed by atoms with Gasteiger partial charge in [-0.1, -0.05) is 127 Å². The maximum absolute atomic E-state index is 8.70. The van der Waals surface area contributed by atoms with Crippen molar-refractivity contribution in [1.29, 1.82) is 0 Å². The van der Waals surface area contributed by atoms with Gasteiger partial charge in [-0.25, -0.2) is 0 Å². The fourth-order valence-corrected chi connectivity index (χ4v) is 4.28. The molecule has 35 heavy (non-hydrogen) atoms. The van der Waals surface area contributed by atoms with E-state index in [-0.39, 0.29) is 0 Å². The van der Waals surface area contributed by atoms with Crippen molar-refractivity contribution in [2.75, 3.05) is 0 Å². The van der Waals surface area contributed by atoms with Crippen molar-refractivity contribution >= 4 is 8.25 Å². The summed E-state index contributed by atoms with van der Waals surface area (Å²) in [5.41, 5.74) is 2.70. The molecule has 2 aromatic carbocycles. The van der Waals surface area contributed by atoms with E-state index in [1.54, 1.807) is 0 Å². The molecule has 0 saturated carbocycles. The Morgan fingerprint density at radius 1 is 0.571 bits per heavy atom. The summed E-state index contributed by atoms with van der Waals surface area (Å²) in [6.45, 7) is 4.56. The van der Waals surface area contributed by atoms with Gasteiger partial charge in [0, 0.05) is 4.57 Å². The minimum absolute atomic E-state index is 1.04. The van der Waals surface area contributed by atoms with Gasteiger partial charge in [-0.2, -0.15) is 0 Å². The molecule has 0 spiro atoms. The Morgan fingerprint density at radius 2 is 0.886 bits per heavy atom. The van der Waals surface area contributed by atoms with E-state index in [0.717, 1.165) is 24.3 Å². The Balaban J connectivity index is 0.00000142. The van der Waals surface area contributed by atoms with Crippen molar-refractivity contribution in [3.8, 4) is 11.5 Å². The van der Waals surface area contributed by atoms with Crippen LogP contribution in [0.2, 0.25) is 0 Å². The molecule has 0 aliphatic carbocycles. The van der Waals surface area contributed by atoms with E-state index in [1.165, 1.54) is 101 Å². The highest BCUT2D eigenvalue weighted by Gasteiger charge is 2.08. The smallest absolute Gasteiger partial charge is 0.457 e. The molecule has 2 aromatic rings. The maximum atomic E-state index is 8.70. The fourth-order valence-electron chi connectivity index (χ4n) is 4.28. The first-order valence-electron chi connectivity index (χ1n) is 13.8. The van der Waals surface area contributed by atoms with E-state index < -0.39 is 8.25 Å². The quantitative estimate of drug-likeness (QED) is 0.157. The lowest BCUT2D eigenvalue weighted by atomic mass is 10.0. The summed E-state index contributed by atoms with van der Waals surface area (Å²) in [5, 5.41) is 0. The van der Waals surface area contributed by atoms with Crippen LogP contribution in [0.15, 0.2) is 48.5 Å². The van der Waals surface area contributed by atoms with Gasteiger partial charge in [0.15, 0.2) is 0 Å². The van der Waals surface area contributed by atoms with Crippen molar-refractivity contribution in [2.45, 2.75) is 117 Å². The summed E-state index contributed by atoms with van der Waals surface area (Å²) in [5.74, 6) is 2.08. The van der Waals surface area contributed by atoms with Crippen molar-refractivity contribution in [1.82, 2.24) is 0 Å². The van der Waals surface area contributed by atoms with Crippen LogP contribution in [0, 0.1) is 0 Å². The summed E-state index contributed by atoms with van der Waals surface area (Å²) in [6.07, 6.45) is 21.1. The zero-order valence-electron chi connectivity index (χ0n) is 22.1. The van der Waals surface area contributed by atoms with Crippen LogP contribution in [-0.2, 0) is 17.4 Å². The van der Waals surface area contributed by atoms with Gasteiger partial charge >= 0.3 is 8.25 Å². The first kappa shape index (κ1) is 31.3. The first-order chi connectivity index (χ1) is 17.1. The molecule has 0 bridgehead atoms. The Morgan fingerprint density at radius 3 is 1.26 bits per heavy atom. The van der Waals surface area contributed by atoms with Crippen molar-refractivity contribution in [3.63, 3.8) is 0 Å². The Labute approximate surface area is 215 Å². The monoisotopic (exact) mass is 503 g/mol. The standard InChI is InChI=1S/C30H46O.HO3P/c1-3-5-7-9-11-13-15-21-27-23-17-19-25-29(27)31-30-26-20-18-24-28(30)22-16-14-12-10-8-6-4-2;1-4(2)3/h17-20,23-26H,3-16,21-22H2,1-2H3;(H-,1,2,3)/p+1. The molecule has 2 rings (SSSR count). The summed E-state index contributed by atoms with van der Waals surface area (Å²) in [4.78, 5) is 14.2. The number of benzene rings is 2. The fraction of sp³-hybridized carbons (Fsp3) is 0.600. The SMILES string of the molecule is CCCCCCCCCc1ccccc1Oc1ccccc1CCCCCCCCC.O=[P+](O)O. The van der Waals surface area contributed by atoms with Gasteiger partial charge in [-0.15, -0.1) is 9.79 Å². The predicted molar refractivity (Wildman–Crippen MR) is 148 cm³/mol. The number of aryl methyl sites for hydroxylation is 2. The van der Waals surface area contributed by atoms with Gasteiger partial charge in [0.2, 0.25) is 0 Å². The van der Waals surface area contributed by atoms with Crippen LogP contribution in [-0.4, -0.2) is 9.79 Å². The highest BCUT2D eigenvalue weighted by Crippen LogP contribution is 2.30. The molecule has 4 nitrogen and oxygen atoms in total. The Kier molecular flexibility index (Phi) is 19.3. The average molecular weight is 504 g/mol. The Hall–Kier alpha value is -1.74. The molecule has 196 valence electrons. The molecule has 5 heteroatoms. The second-order valence-electron chi connectivity index (χ2n) is 9.31. The highest BCUT2D eigenvalue weighted by molar-refractivity contribution is 7.30. The van der Waals surface area contributed by atoms with Crippen molar-refractivity contribution in [3.05, 3.63) is 59.7 Å². The third kappa shape index (κ3) is 16.5. The molecule has 0 amide bonds. The molecule has 0 radical (unpaired) electrons. The van der Waals surface area contributed by atoms with Gasteiger partial charge in [0.1, 0.15) is 11.5 Å². The number of rotatable bonds is 18. The van der Waals surface area contributed by atoms with Gasteiger partial charge in [0.05, 0.1) is 0 Å². The predicted octanol–water partition coefficient (Wildman–Crippen LogP) is 9.69. The molecule has 0 heterocycles. The van der Waals surface area contributed by atoms with Gasteiger partial charge < -0.3 is 4.74 Å². The van der Waals surface area contributed by atoms with E-state index in [0.29, 0.717) is 0 Å². The summed E-state index contributed by atoms with van der Waals surface area (Å²) >= 11 is 0. The van der Waals surface area contributed by atoms with Crippen LogP contribution in [0.1, 0.15) is 115 Å². The summed E-state index contributed by atoms with van der Waals surface area (Å²) < 4.78 is 15.2. The zero-order valence-corrected chi connectivity index (χ0v) is 23.0. The molecule has 0 aliphatic rings. The molecular formula is C30H48O4P+. The lowest BCUT2D eigenvalue weighted by molar-refractivity contribution is 0.405. The lowest BCUT2D eigenvalue weighted by Gasteiger charge is -2.14. The van der Waals surface area contributed by atoms with E-state index in [9.17, 15) is 0 Å². The number of unbranched alkanes of at least 4 members (excludes halogenated alkanes) is 12. The van der Waals surface area contributed by atoms with Crippen LogP contribution < -0.4 is 4.74 Å². The zero-order chi connectivity index (χ0) is 25.6. The molecule has 0 saturated heterocycles. The van der Waals surface area contributed by atoms with Crippen LogP contribution in [0.4, 0.5) is 0 Å². The Bertz CT molecular complexity index is 730. The van der Waals surface area contributed by atoms with Crippen molar-refractivity contribution < 1.29 is 19.1 Å². The molecule has 0 unspecified atom stereocenters. The minimum Gasteiger partial charge on any atom is -0.457 e. The van der Waals surface area contributed by atoms with Gasteiger partial charge in [0.25, 0.3) is 0 Å². The van der Waals surface area contributed by atoms with E-state index >= 15 is 0 Å². The second kappa shape index (κ2) is 21.5. The third-order valence-corrected chi connectivity index (χ3v) is 6.26. The van der Waals surface area contributed by atoms with E-state index in [1.807, 2.05) is 0 Å². The van der Waals surface area contributed by atoms with Crippen LogP contribution >= 0.6 is 8.25 Å². The van der Waals surface area contributed by atoms with Gasteiger partial charge in [-0.3, -0.25) is 0 Å². The summed E-state index contributed by atoms with van der Waals surface area (Å²) in [7, 11) is -2.87. The molecule has 2 N–H and O–H groups in total. The van der Waals surface area contributed by atoms with Crippen LogP contribution in [0.25, 0.3) is 0 Å². The molecule has 0 fully saturated rings. The van der Waals surface area contributed by atoms with Gasteiger partial charge in [-0.05, 0) is 48.9 Å². The molecule has 0 atom stereocenters. The molecule has 0 aliphatic heterocycles. The van der Waals surface area contributed by atoms with Crippen LogP contribution in [0.3, 0.4) is 0 Å². The van der Waals surface area contributed by atoms with E-state index in [2.05, 4.69) is 62.4 Å². The summed E-state index contributed by atoms with van der Waals surface area (Å²) in [6, 6.07) is 17.3.